The molecular weight excluding hydrogens is 346 g/mol. The molecule has 140 valence electrons. The van der Waals surface area contributed by atoms with Crippen LogP contribution in [0.4, 0.5) is 0 Å². The van der Waals surface area contributed by atoms with Crippen LogP contribution in [0.1, 0.15) is 35.1 Å². The maximum atomic E-state index is 11.8. The molecule has 6 nitrogen and oxygen atoms in total. The standard InChI is InChI=1S/C21H21NO5/c1-27-14-7-8-16-15(13-5-3-2-4-6-13)9-10-22-20(17(16)11-14)18(21(25)26)12-19(23)24/h2-8,11-12,15,20,22H,9-10H2,1H3,(H,23,24)(H,25,26)/b18-12-. The molecule has 2 atom stereocenters. The normalized spacial score (nSPS) is 19.7. The number of hydrogen-bond donors (Lipinski definition) is 3. The van der Waals surface area contributed by atoms with Gasteiger partial charge in [-0.2, -0.15) is 0 Å². The Bertz CT molecular complexity index is 875. The largest absolute Gasteiger partial charge is 0.497 e. The number of hydrogen-bond acceptors (Lipinski definition) is 4. The molecule has 0 fully saturated rings. The number of nitrogens with one attached hydrogen (secondary N) is 1. The monoisotopic (exact) mass is 367 g/mol. The Hall–Kier alpha value is -3.12. The molecule has 0 saturated carbocycles. The summed E-state index contributed by atoms with van der Waals surface area (Å²) in [6, 6.07) is 14.8. The number of fused-ring (bicyclic) bond motifs is 1. The van der Waals surface area contributed by atoms with E-state index in [2.05, 4.69) is 5.32 Å². The van der Waals surface area contributed by atoms with Crippen LogP contribution in [0.15, 0.2) is 60.2 Å². The highest BCUT2D eigenvalue weighted by Gasteiger charge is 2.31. The molecule has 0 saturated heterocycles. The zero-order valence-electron chi connectivity index (χ0n) is 14.9. The van der Waals surface area contributed by atoms with Crippen LogP contribution in [-0.4, -0.2) is 35.8 Å². The van der Waals surface area contributed by atoms with Crippen LogP contribution >= 0.6 is 0 Å². The number of aliphatic carboxylic acids is 2. The second kappa shape index (κ2) is 8.05. The summed E-state index contributed by atoms with van der Waals surface area (Å²) < 4.78 is 5.32. The Balaban J connectivity index is 2.17. The fraction of sp³-hybridized carbons (Fsp3) is 0.238. The Labute approximate surface area is 157 Å². The first-order valence-electron chi connectivity index (χ1n) is 8.65. The molecule has 3 N–H and O–H groups in total. The molecule has 0 spiro atoms. The quantitative estimate of drug-likeness (QED) is 0.703. The average molecular weight is 367 g/mol. The topological polar surface area (TPSA) is 95.9 Å². The molecule has 2 aromatic carbocycles. The first-order chi connectivity index (χ1) is 13.0. The van der Waals surface area contributed by atoms with E-state index in [-0.39, 0.29) is 11.5 Å². The number of benzene rings is 2. The van der Waals surface area contributed by atoms with E-state index in [1.807, 2.05) is 42.5 Å². The van der Waals surface area contributed by atoms with Gasteiger partial charge in [0.2, 0.25) is 0 Å². The summed E-state index contributed by atoms with van der Waals surface area (Å²) in [6.45, 7) is 0.547. The number of carboxylic acids is 2. The van der Waals surface area contributed by atoms with Crippen LogP contribution in [0.5, 0.6) is 5.75 Å². The van der Waals surface area contributed by atoms with E-state index in [1.165, 1.54) is 0 Å². The predicted octanol–water partition coefficient (Wildman–Crippen LogP) is 2.96. The lowest BCUT2D eigenvalue weighted by atomic mass is 9.84. The van der Waals surface area contributed by atoms with Gasteiger partial charge >= 0.3 is 11.9 Å². The van der Waals surface area contributed by atoms with Crippen LogP contribution in [0.3, 0.4) is 0 Å². The third-order valence-corrected chi connectivity index (χ3v) is 4.80. The average Bonchev–Trinajstić information content (AvgIpc) is 2.85. The van der Waals surface area contributed by atoms with Gasteiger partial charge in [0.15, 0.2) is 0 Å². The van der Waals surface area contributed by atoms with E-state index in [9.17, 15) is 14.7 Å². The molecule has 0 bridgehead atoms. The summed E-state index contributed by atoms with van der Waals surface area (Å²) in [5, 5.41) is 21.9. The maximum absolute atomic E-state index is 11.8. The highest BCUT2D eigenvalue weighted by atomic mass is 16.5. The van der Waals surface area contributed by atoms with Crippen molar-refractivity contribution in [3.05, 3.63) is 76.9 Å². The molecule has 0 amide bonds. The van der Waals surface area contributed by atoms with Crippen molar-refractivity contribution in [2.45, 2.75) is 18.4 Å². The van der Waals surface area contributed by atoms with Crippen LogP contribution in [0, 0.1) is 0 Å². The first-order valence-corrected chi connectivity index (χ1v) is 8.65. The highest BCUT2D eigenvalue weighted by Crippen LogP contribution is 2.39. The summed E-state index contributed by atoms with van der Waals surface area (Å²) in [7, 11) is 1.54. The summed E-state index contributed by atoms with van der Waals surface area (Å²) >= 11 is 0. The number of methoxy groups -OCH3 is 1. The van der Waals surface area contributed by atoms with E-state index < -0.39 is 18.0 Å². The second-order valence-corrected chi connectivity index (χ2v) is 6.38. The van der Waals surface area contributed by atoms with Crippen LogP contribution in [-0.2, 0) is 9.59 Å². The van der Waals surface area contributed by atoms with Gasteiger partial charge < -0.3 is 20.3 Å². The van der Waals surface area contributed by atoms with E-state index in [0.717, 1.165) is 29.2 Å². The molecule has 1 aliphatic rings. The van der Waals surface area contributed by atoms with Crippen LogP contribution < -0.4 is 10.1 Å². The molecule has 1 aliphatic heterocycles. The van der Waals surface area contributed by atoms with Gasteiger partial charge in [0.1, 0.15) is 5.75 Å². The van der Waals surface area contributed by atoms with Crippen molar-refractivity contribution in [3.63, 3.8) is 0 Å². The van der Waals surface area contributed by atoms with Crippen molar-refractivity contribution in [1.82, 2.24) is 5.32 Å². The molecule has 1 heterocycles. The van der Waals surface area contributed by atoms with Gasteiger partial charge in [-0.1, -0.05) is 36.4 Å². The van der Waals surface area contributed by atoms with E-state index in [4.69, 9.17) is 9.84 Å². The van der Waals surface area contributed by atoms with Crippen molar-refractivity contribution in [3.8, 4) is 5.75 Å². The van der Waals surface area contributed by atoms with Crippen molar-refractivity contribution in [1.29, 1.82) is 0 Å². The molecule has 0 aliphatic carbocycles. The van der Waals surface area contributed by atoms with Crippen molar-refractivity contribution in [2.75, 3.05) is 13.7 Å². The fourth-order valence-corrected chi connectivity index (χ4v) is 3.60. The molecule has 27 heavy (non-hydrogen) atoms. The smallest absolute Gasteiger partial charge is 0.333 e. The highest BCUT2D eigenvalue weighted by molar-refractivity contribution is 5.96. The molecule has 2 aromatic rings. The van der Waals surface area contributed by atoms with Gasteiger partial charge in [0.05, 0.1) is 18.7 Å². The van der Waals surface area contributed by atoms with Gasteiger partial charge in [0.25, 0.3) is 0 Å². The number of carboxylic acid groups (broad SMARTS) is 2. The summed E-state index contributed by atoms with van der Waals surface area (Å²) in [4.78, 5) is 22.9. The molecule has 2 unspecified atom stereocenters. The maximum Gasteiger partial charge on any atom is 0.333 e. The van der Waals surface area contributed by atoms with Crippen molar-refractivity contribution in [2.24, 2.45) is 0 Å². The Morgan fingerprint density at radius 1 is 1.11 bits per heavy atom. The van der Waals surface area contributed by atoms with Crippen LogP contribution in [0.25, 0.3) is 0 Å². The van der Waals surface area contributed by atoms with Gasteiger partial charge in [-0.15, -0.1) is 0 Å². The van der Waals surface area contributed by atoms with E-state index in [1.54, 1.807) is 13.2 Å². The Morgan fingerprint density at radius 2 is 1.85 bits per heavy atom. The molecule has 3 rings (SSSR count). The Morgan fingerprint density at radius 3 is 2.48 bits per heavy atom. The van der Waals surface area contributed by atoms with Crippen molar-refractivity contribution < 1.29 is 24.5 Å². The Kier molecular flexibility index (Phi) is 5.57. The van der Waals surface area contributed by atoms with Crippen molar-refractivity contribution >= 4 is 11.9 Å². The van der Waals surface area contributed by atoms with E-state index in [0.29, 0.717) is 12.3 Å². The fourth-order valence-electron chi connectivity index (χ4n) is 3.60. The zero-order valence-corrected chi connectivity index (χ0v) is 14.9. The predicted molar refractivity (Wildman–Crippen MR) is 100.0 cm³/mol. The summed E-state index contributed by atoms with van der Waals surface area (Å²) in [6.07, 6.45) is 1.52. The third kappa shape index (κ3) is 4.01. The zero-order chi connectivity index (χ0) is 19.4. The summed E-state index contributed by atoms with van der Waals surface area (Å²) in [5.74, 6) is -1.89. The van der Waals surface area contributed by atoms with E-state index >= 15 is 0 Å². The lowest BCUT2D eigenvalue weighted by molar-refractivity contribution is -0.135. The summed E-state index contributed by atoms with van der Waals surface area (Å²) in [5.41, 5.74) is 2.61. The molecule has 0 radical (unpaired) electrons. The lowest BCUT2D eigenvalue weighted by Crippen LogP contribution is -2.27. The van der Waals surface area contributed by atoms with Gasteiger partial charge in [0, 0.05) is 12.0 Å². The molecule has 6 heteroatoms. The minimum Gasteiger partial charge on any atom is -0.497 e. The van der Waals surface area contributed by atoms with Crippen LogP contribution in [0.2, 0.25) is 0 Å². The SMILES string of the molecule is COc1ccc2c(c1)C(/C(=C/C(=O)O)C(=O)O)NCCC2c1ccccc1. The number of carbonyl (C=O) groups is 2. The third-order valence-electron chi connectivity index (χ3n) is 4.80. The molecule has 0 aromatic heterocycles. The second-order valence-electron chi connectivity index (χ2n) is 6.38. The minimum atomic E-state index is -1.29. The van der Waals surface area contributed by atoms with Gasteiger partial charge in [-0.05, 0) is 41.8 Å². The lowest BCUT2D eigenvalue weighted by Gasteiger charge is -2.22. The number of ether oxygens (including phenoxy) is 1. The molecular formula is C21H21NO5. The first kappa shape index (κ1) is 18.7. The number of rotatable bonds is 5. The van der Waals surface area contributed by atoms with Gasteiger partial charge in [-0.3, -0.25) is 0 Å². The van der Waals surface area contributed by atoms with Gasteiger partial charge in [-0.25, -0.2) is 9.59 Å². The minimum absolute atomic E-state index is 0.0736.